The minimum absolute atomic E-state index is 0.0186. The van der Waals surface area contributed by atoms with Crippen molar-refractivity contribution < 1.29 is 23.0 Å². The molecule has 0 aliphatic rings. The molecule has 0 amide bonds. The zero-order valence-electron chi connectivity index (χ0n) is 8.42. The van der Waals surface area contributed by atoms with Crippen LogP contribution < -0.4 is 10.1 Å². The number of anilines is 1. The van der Waals surface area contributed by atoms with Gasteiger partial charge in [0.05, 0.1) is 5.69 Å². The molecule has 0 radical (unpaired) electrons. The zero-order chi connectivity index (χ0) is 12.0. The van der Waals surface area contributed by atoms with Crippen molar-refractivity contribution in [3.63, 3.8) is 0 Å². The molecular weight excluding hydrogens is 223 g/mol. The maximum Gasteiger partial charge on any atom is 0.573 e. The Balaban J connectivity index is 2.68. The highest BCUT2D eigenvalue weighted by Gasteiger charge is 2.31. The van der Waals surface area contributed by atoms with E-state index in [4.69, 9.17) is 5.11 Å². The summed E-state index contributed by atoms with van der Waals surface area (Å²) < 4.78 is 39.9. The van der Waals surface area contributed by atoms with Crippen LogP contribution in [0, 0.1) is 0 Å². The molecule has 1 aromatic rings. The summed E-state index contributed by atoms with van der Waals surface area (Å²) in [5.74, 6) is -0.270. The van der Waals surface area contributed by atoms with Crippen molar-refractivity contribution in [2.75, 3.05) is 18.5 Å². The fraction of sp³-hybridized carbons (Fsp3) is 0.400. The molecule has 0 unspecified atom stereocenters. The highest BCUT2D eigenvalue weighted by atomic mass is 19.4. The number of aliphatic hydroxyl groups is 1. The number of hydrogen-bond acceptors (Lipinski definition) is 3. The van der Waals surface area contributed by atoms with Gasteiger partial charge in [0.1, 0.15) is 0 Å². The first-order chi connectivity index (χ1) is 7.53. The Hall–Kier alpha value is -1.43. The Morgan fingerprint density at radius 3 is 2.56 bits per heavy atom. The second-order valence-electron chi connectivity index (χ2n) is 3.05. The SMILES string of the molecule is OCCCNc1ccccc1OC(F)(F)F. The normalized spacial score (nSPS) is 11.2. The van der Waals surface area contributed by atoms with Crippen molar-refractivity contribution in [3.8, 4) is 5.75 Å². The van der Waals surface area contributed by atoms with Crippen LogP contribution in [-0.2, 0) is 0 Å². The number of nitrogens with one attached hydrogen (secondary N) is 1. The fourth-order valence-corrected chi connectivity index (χ4v) is 1.13. The highest BCUT2D eigenvalue weighted by Crippen LogP contribution is 2.29. The molecule has 0 heterocycles. The Morgan fingerprint density at radius 1 is 1.25 bits per heavy atom. The summed E-state index contributed by atoms with van der Waals surface area (Å²) >= 11 is 0. The molecule has 1 rings (SSSR count). The van der Waals surface area contributed by atoms with Crippen LogP contribution in [0.1, 0.15) is 6.42 Å². The average molecular weight is 235 g/mol. The third-order valence-corrected chi connectivity index (χ3v) is 1.76. The lowest BCUT2D eigenvalue weighted by Crippen LogP contribution is -2.18. The van der Waals surface area contributed by atoms with Gasteiger partial charge in [-0.2, -0.15) is 0 Å². The molecule has 0 aromatic heterocycles. The number of aliphatic hydroxyl groups excluding tert-OH is 1. The van der Waals surface area contributed by atoms with Crippen LogP contribution in [0.2, 0.25) is 0 Å². The van der Waals surface area contributed by atoms with Crippen LogP contribution in [0.4, 0.5) is 18.9 Å². The number of halogens is 3. The molecule has 3 nitrogen and oxygen atoms in total. The first kappa shape index (κ1) is 12.6. The summed E-state index contributed by atoms with van der Waals surface area (Å²) in [4.78, 5) is 0. The Bertz CT molecular complexity index is 328. The number of para-hydroxylation sites is 2. The molecule has 0 aliphatic carbocycles. The van der Waals surface area contributed by atoms with Crippen LogP contribution in [0.15, 0.2) is 24.3 Å². The molecule has 0 bridgehead atoms. The van der Waals surface area contributed by atoms with Gasteiger partial charge in [-0.05, 0) is 18.6 Å². The quantitative estimate of drug-likeness (QED) is 0.770. The standard InChI is InChI=1S/C10H12F3NO2/c11-10(12,13)16-9-5-2-1-4-8(9)14-6-3-7-15/h1-2,4-5,14-15H,3,6-7H2. The van der Waals surface area contributed by atoms with E-state index in [-0.39, 0.29) is 18.0 Å². The summed E-state index contributed by atoms with van der Waals surface area (Å²) in [5, 5.41) is 11.3. The van der Waals surface area contributed by atoms with Crippen molar-refractivity contribution in [1.29, 1.82) is 0 Å². The number of ether oxygens (including phenoxy) is 1. The van der Waals surface area contributed by atoms with Gasteiger partial charge >= 0.3 is 6.36 Å². The van der Waals surface area contributed by atoms with Crippen LogP contribution in [-0.4, -0.2) is 24.6 Å². The molecule has 0 atom stereocenters. The van der Waals surface area contributed by atoms with Crippen LogP contribution >= 0.6 is 0 Å². The van der Waals surface area contributed by atoms with E-state index in [1.807, 2.05) is 0 Å². The van der Waals surface area contributed by atoms with Gasteiger partial charge in [0, 0.05) is 13.2 Å². The van der Waals surface area contributed by atoms with E-state index in [2.05, 4.69) is 10.1 Å². The predicted octanol–water partition coefficient (Wildman–Crippen LogP) is 2.38. The largest absolute Gasteiger partial charge is 0.573 e. The maximum absolute atomic E-state index is 12.0. The summed E-state index contributed by atoms with van der Waals surface area (Å²) in [6, 6.07) is 5.77. The maximum atomic E-state index is 12.0. The molecule has 1 aromatic carbocycles. The van der Waals surface area contributed by atoms with Gasteiger partial charge in [-0.25, -0.2) is 0 Å². The number of hydrogen-bond donors (Lipinski definition) is 2. The Labute approximate surface area is 90.8 Å². The average Bonchev–Trinajstić information content (AvgIpc) is 2.19. The lowest BCUT2D eigenvalue weighted by Gasteiger charge is -2.14. The van der Waals surface area contributed by atoms with Gasteiger partial charge in [0.2, 0.25) is 0 Å². The summed E-state index contributed by atoms with van der Waals surface area (Å²) in [6.07, 6.45) is -4.24. The Kier molecular flexibility index (Phi) is 4.42. The van der Waals surface area contributed by atoms with Crippen LogP contribution in [0.25, 0.3) is 0 Å². The molecule has 0 fully saturated rings. The number of rotatable bonds is 5. The van der Waals surface area contributed by atoms with E-state index in [1.165, 1.54) is 18.2 Å². The first-order valence-electron chi connectivity index (χ1n) is 4.72. The number of benzene rings is 1. The van der Waals surface area contributed by atoms with Crippen LogP contribution in [0.3, 0.4) is 0 Å². The third-order valence-electron chi connectivity index (χ3n) is 1.76. The van der Waals surface area contributed by atoms with E-state index in [0.717, 1.165) is 0 Å². The summed E-state index contributed by atoms with van der Waals surface area (Å²) in [7, 11) is 0. The van der Waals surface area contributed by atoms with Gasteiger partial charge < -0.3 is 15.2 Å². The lowest BCUT2D eigenvalue weighted by atomic mass is 10.3. The van der Waals surface area contributed by atoms with E-state index in [0.29, 0.717) is 13.0 Å². The van der Waals surface area contributed by atoms with Gasteiger partial charge in [-0.15, -0.1) is 13.2 Å². The Morgan fingerprint density at radius 2 is 1.94 bits per heavy atom. The molecular formula is C10H12F3NO2. The van der Waals surface area contributed by atoms with E-state index in [9.17, 15) is 13.2 Å². The van der Waals surface area contributed by atoms with Gasteiger partial charge in [-0.1, -0.05) is 12.1 Å². The smallest absolute Gasteiger partial charge is 0.404 e. The molecule has 0 saturated heterocycles. The van der Waals surface area contributed by atoms with E-state index < -0.39 is 6.36 Å². The van der Waals surface area contributed by atoms with Crippen molar-refractivity contribution in [3.05, 3.63) is 24.3 Å². The molecule has 6 heteroatoms. The minimum Gasteiger partial charge on any atom is -0.404 e. The van der Waals surface area contributed by atoms with Crippen LogP contribution in [0.5, 0.6) is 5.75 Å². The topological polar surface area (TPSA) is 41.5 Å². The molecule has 0 spiro atoms. The molecule has 16 heavy (non-hydrogen) atoms. The van der Waals surface area contributed by atoms with E-state index >= 15 is 0 Å². The highest BCUT2D eigenvalue weighted by molar-refractivity contribution is 5.56. The third kappa shape index (κ3) is 4.39. The number of alkyl halides is 3. The molecule has 0 saturated carbocycles. The second-order valence-corrected chi connectivity index (χ2v) is 3.05. The van der Waals surface area contributed by atoms with Gasteiger partial charge in [0.15, 0.2) is 5.75 Å². The summed E-state index contributed by atoms with van der Waals surface area (Å²) in [6.45, 7) is 0.365. The first-order valence-corrected chi connectivity index (χ1v) is 4.72. The van der Waals surface area contributed by atoms with Crippen molar-refractivity contribution >= 4 is 5.69 Å². The monoisotopic (exact) mass is 235 g/mol. The second kappa shape index (κ2) is 5.60. The van der Waals surface area contributed by atoms with Crippen molar-refractivity contribution in [1.82, 2.24) is 0 Å². The minimum atomic E-state index is -4.70. The fourth-order valence-electron chi connectivity index (χ4n) is 1.13. The molecule has 90 valence electrons. The van der Waals surface area contributed by atoms with E-state index in [1.54, 1.807) is 6.07 Å². The zero-order valence-corrected chi connectivity index (χ0v) is 8.42. The van der Waals surface area contributed by atoms with Crippen molar-refractivity contribution in [2.45, 2.75) is 12.8 Å². The van der Waals surface area contributed by atoms with Gasteiger partial charge in [-0.3, -0.25) is 0 Å². The molecule has 2 N–H and O–H groups in total. The van der Waals surface area contributed by atoms with Crippen molar-refractivity contribution in [2.24, 2.45) is 0 Å². The van der Waals surface area contributed by atoms with Gasteiger partial charge in [0.25, 0.3) is 0 Å². The lowest BCUT2D eigenvalue weighted by molar-refractivity contribution is -0.274. The molecule has 0 aliphatic heterocycles. The predicted molar refractivity (Wildman–Crippen MR) is 53.3 cm³/mol. The summed E-state index contributed by atoms with van der Waals surface area (Å²) in [5.41, 5.74) is 0.258.